The van der Waals surface area contributed by atoms with Crippen LogP contribution in [0.4, 0.5) is 0 Å². The van der Waals surface area contributed by atoms with Crippen molar-refractivity contribution < 1.29 is 9.90 Å². The van der Waals surface area contributed by atoms with Crippen LogP contribution in [-0.2, 0) is 6.54 Å². The molecule has 0 fully saturated rings. The molecule has 0 unspecified atom stereocenters. The van der Waals surface area contributed by atoms with E-state index in [0.29, 0.717) is 12.2 Å². The molecule has 104 valence electrons. The largest absolute Gasteiger partial charge is 0.477 e. The SMILES string of the molecule is C=CCn1nc(-c2ccc3ccccc3c2)cc1C(=O)O. The maximum Gasteiger partial charge on any atom is 0.354 e. The number of fused-ring (bicyclic) bond motifs is 1. The van der Waals surface area contributed by atoms with E-state index in [1.807, 2.05) is 42.5 Å². The number of rotatable bonds is 4. The van der Waals surface area contributed by atoms with Crippen molar-refractivity contribution in [3.8, 4) is 11.3 Å². The minimum absolute atomic E-state index is 0.165. The fourth-order valence-electron chi connectivity index (χ4n) is 2.34. The van der Waals surface area contributed by atoms with Crippen LogP contribution in [0.3, 0.4) is 0 Å². The Balaban J connectivity index is 2.11. The summed E-state index contributed by atoms with van der Waals surface area (Å²) in [6.45, 7) is 4.00. The van der Waals surface area contributed by atoms with Crippen LogP contribution in [0.2, 0.25) is 0 Å². The second kappa shape index (κ2) is 5.25. The molecule has 0 spiro atoms. The fraction of sp³-hybridized carbons (Fsp3) is 0.0588. The number of allylic oxidation sites excluding steroid dienone is 1. The molecular formula is C17H14N2O2. The van der Waals surface area contributed by atoms with Gasteiger partial charge in [-0.1, -0.05) is 42.5 Å². The molecule has 2 aromatic carbocycles. The maximum atomic E-state index is 11.3. The van der Waals surface area contributed by atoms with Crippen LogP contribution in [0.1, 0.15) is 10.5 Å². The highest BCUT2D eigenvalue weighted by Gasteiger charge is 2.14. The molecule has 0 saturated heterocycles. The van der Waals surface area contributed by atoms with E-state index >= 15 is 0 Å². The Morgan fingerprint density at radius 2 is 1.95 bits per heavy atom. The number of nitrogens with zero attached hydrogens (tertiary/aromatic N) is 2. The monoisotopic (exact) mass is 278 g/mol. The van der Waals surface area contributed by atoms with Crippen molar-refractivity contribution in [2.75, 3.05) is 0 Å². The molecule has 0 aliphatic carbocycles. The molecule has 3 aromatic rings. The minimum Gasteiger partial charge on any atom is -0.477 e. The smallest absolute Gasteiger partial charge is 0.354 e. The second-order valence-corrected chi connectivity index (χ2v) is 4.75. The van der Waals surface area contributed by atoms with Gasteiger partial charge in [0.15, 0.2) is 0 Å². The fourth-order valence-corrected chi connectivity index (χ4v) is 2.34. The number of carboxylic acid groups (broad SMARTS) is 1. The van der Waals surface area contributed by atoms with Crippen molar-refractivity contribution >= 4 is 16.7 Å². The quantitative estimate of drug-likeness (QED) is 0.742. The van der Waals surface area contributed by atoms with E-state index in [4.69, 9.17) is 0 Å². The van der Waals surface area contributed by atoms with Crippen LogP contribution in [0.25, 0.3) is 22.0 Å². The molecule has 0 bridgehead atoms. The van der Waals surface area contributed by atoms with Crippen molar-refractivity contribution in [2.24, 2.45) is 0 Å². The number of hydrogen-bond donors (Lipinski definition) is 1. The van der Waals surface area contributed by atoms with Crippen LogP contribution in [-0.4, -0.2) is 20.9 Å². The van der Waals surface area contributed by atoms with Crippen molar-refractivity contribution in [3.63, 3.8) is 0 Å². The van der Waals surface area contributed by atoms with Gasteiger partial charge in [0.25, 0.3) is 0 Å². The first-order valence-corrected chi connectivity index (χ1v) is 6.60. The van der Waals surface area contributed by atoms with Gasteiger partial charge >= 0.3 is 5.97 Å². The molecule has 0 atom stereocenters. The number of carbonyl (C=O) groups is 1. The highest BCUT2D eigenvalue weighted by molar-refractivity contribution is 5.89. The zero-order chi connectivity index (χ0) is 14.8. The Morgan fingerprint density at radius 3 is 2.67 bits per heavy atom. The summed E-state index contributed by atoms with van der Waals surface area (Å²) in [7, 11) is 0. The molecule has 0 amide bonds. The van der Waals surface area contributed by atoms with E-state index in [1.165, 1.54) is 4.68 Å². The summed E-state index contributed by atoms with van der Waals surface area (Å²) in [5.41, 5.74) is 1.72. The van der Waals surface area contributed by atoms with Crippen molar-refractivity contribution in [2.45, 2.75) is 6.54 Å². The number of carboxylic acids is 1. The zero-order valence-corrected chi connectivity index (χ0v) is 11.4. The van der Waals surface area contributed by atoms with E-state index in [-0.39, 0.29) is 5.69 Å². The summed E-state index contributed by atoms with van der Waals surface area (Å²) in [4.78, 5) is 11.3. The third-order valence-corrected chi connectivity index (χ3v) is 3.35. The molecule has 1 N–H and O–H groups in total. The number of aromatic nitrogens is 2. The van der Waals surface area contributed by atoms with Gasteiger partial charge in [0, 0.05) is 5.56 Å². The van der Waals surface area contributed by atoms with Crippen molar-refractivity contribution in [1.82, 2.24) is 9.78 Å². The Kier molecular flexibility index (Phi) is 3.28. The summed E-state index contributed by atoms with van der Waals surface area (Å²) >= 11 is 0. The lowest BCUT2D eigenvalue weighted by Gasteiger charge is -2.01. The second-order valence-electron chi connectivity index (χ2n) is 4.75. The molecule has 0 aliphatic heterocycles. The standard InChI is InChI=1S/C17H14N2O2/c1-2-9-19-16(17(20)21)11-15(18-19)14-8-7-12-5-3-4-6-13(12)10-14/h2-8,10-11H,1,9H2,(H,20,21). The van der Waals surface area contributed by atoms with Crippen LogP contribution in [0, 0.1) is 0 Å². The lowest BCUT2D eigenvalue weighted by molar-refractivity contribution is 0.0684. The number of hydrogen-bond acceptors (Lipinski definition) is 2. The Labute approximate surface area is 122 Å². The predicted octanol–water partition coefficient (Wildman–Crippen LogP) is 3.59. The van der Waals surface area contributed by atoms with E-state index < -0.39 is 5.97 Å². The van der Waals surface area contributed by atoms with Gasteiger partial charge in [-0.3, -0.25) is 4.68 Å². The molecule has 1 aromatic heterocycles. The van der Waals surface area contributed by atoms with Gasteiger partial charge in [-0.2, -0.15) is 5.10 Å². The average Bonchev–Trinajstić information content (AvgIpc) is 2.91. The molecule has 3 rings (SSSR count). The Hall–Kier alpha value is -2.88. The van der Waals surface area contributed by atoms with Crippen LogP contribution in [0.15, 0.2) is 61.2 Å². The molecule has 0 aliphatic rings. The van der Waals surface area contributed by atoms with E-state index in [1.54, 1.807) is 12.1 Å². The van der Waals surface area contributed by atoms with Gasteiger partial charge in [0.05, 0.1) is 12.2 Å². The number of benzene rings is 2. The normalized spacial score (nSPS) is 10.7. The maximum absolute atomic E-state index is 11.3. The summed E-state index contributed by atoms with van der Waals surface area (Å²) in [6.07, 6.45) is 1.63. The molecule has 4 nitrogen and oxygen atoms in total. The van der Waals surface area contributed by atoms with E-state index in [0.717, 1.165) is 16.3 Å². The Bertz CT molecular complexity index is 834. The van der Waals surface area contributed by atoms with Gasteiger partial charge in [0.1, 0.15) is 5.69 Å². The van der Waals surface area contributed by atoms with Crippen molar-refractivity contribution in [1.29, 1.82) is 0 Å². The van der Waals surface area contributed by atoms with Crippen LogP contribution >= 0.6 is 0 Å². The van der Waals surface area contributed by atoms with E-state index in [9.17, 15) is 9.90 Å². The Morgan fingerprint density at radius 1 is 1.19 bits per heavy atom. The molecule has 1 heterocycles. The first-order chi connectivity index (χ1) is 10.2. The van der Waals surface area contributed by atoms with Gasteiger partial charge in [-0.05, 0) is 22.9 Å². The minimum atomic E-state index is -0.989. The number of aromatic carboxylic acids is 1. The average molecular weight is 278 g/mol. The molecule has 21 heavy (non-hydrogen) atoms. The highest BCUT2D eigenvalue weighted by atomic mass is 16.4. The molecular weight excluding hydrogens is 264 g/mol. The third kappa shape index (κ3) is 2.43. The van der Waals surface area contributed by atoms with E-state index in [2.05, 4.69) is 11.7 Å². The van der Waals surface area contributed by atoms with Crippen molar-refractivity contribution in [3.05, 3.63) is 66.9 Å². The summed E-state index contributed by atoms with van der Waals surface area (Å²) in [5.74, 6) is -0.989. The first kappa shape index (κ1) is 13.1. The van der Waals surface area contributed by atoms with Gasteiger partial charge in [-0.25, -0.2) is 4.79 Å². The molecule has 4 heteroatoms. The summed E-state index contributed by atoms with van der Waals surface area (Å²) in [5, 5.41) is 15.8. The highest BCUT2D eigenvalue weighted by Crippen LogP contribution is 2.24. The van der Waals surface area contributed by atoms with Gasteiger partial charge in [-0.15, -0.1) is 6.58 Å². The summed E-state index contributed by atoms with van der Waals surface area (Å²) in [6, 6.07) is 15.6. The summed E-state index contributed by atoms with van der Waals surface area (Å²) < 4.78 is 1.44. The van der Waals surface area contributed by atoms with Gasteiger partial charge in [0.2, 0.25) is 0 Å². The topological polar surface area (TPSA) is 55.1 Å². The lowest BCUT2D eigenvalue weighted by Crippen LogP contribution is -2.08. The van der Waals surface area contributed by atoms with Gasteiger partial charge < -0.3 is 5.11 Å². The van der Waals surface area contributed by atoms with Crippen LogP contribution < -0.4 is 0 Å². The predicted molar refractivity (Wildman–Crippen MR) is 82.3 cm³/mol. The third-order valence-electron chi connectivity index (χ3n) is 3.35. The molecule has 0 radical (unpaired) electrons. The molecule has 0 saturated carbocycles. The van der Waals surface area contributed by atoms with Crippen LogP contribution in [0.5, 0.6) is 0 Å². The lowest BCUT2D eigenvalue weighted by atomic mass is 10.1. The first-order valence-electron chi connectivity index (χ1n) is 6.60. The zero-order valence-electron chi connectivity index (χ0n) is 11.4.